The molecule has 0 bridgehead atoms. The van der Waals surface area contributed by atoms with E-state index in [2.05, 4.69) is 43.7 Å². The van der Waals surface area contributed by atoms with E-state index in [0.717, 1.165) is 12.2 Å². The molecule has 11 nitrogen and oxygen atoms in total. The Morgan fingerprint density at radius 2 is 1.46 bits per heavy atom. The second kappa shape index (κ2) is 19.0. The van der Waals surface area contributed by atoms with Gasteiger partial charge in [0.25, 0.3) is 0 Å². The summed E-state index contributed by atoms with van der Waals surface area (Å²) in [5, 5.41) is 0.162. The molecular formula is C27H51N3O8Si. The van der Waals surface area contributed by atoms with Crippen LogP contribution in [0.3, 0.4) is 0 Å². The van der Waals surface area contributed by atoms with E-state index in [1.165, 1.54) is 0 Å². The number of hydrogen-bond acceptors (Lipinski definition) is 11. The molecule has 0 aromatic carbocycles. The summed E-state index contributed by atoms with van der Waals surface area (Å²) in [6.45, 7) is 19.7. The van der Waals surface area contributed by atoms with Crippen LogP contribution in [-0.2, 0) is 44.2 Å². The average molecular weight is 574 g/mol. The number of anilines is 1. The summed E-state index contributed by atoms with van der Waals surface area (Å²) in [4.78, 5) is 11.4. The molecule has 12 heteroatoms. The summed E-state index contributed by atoms with van der Waals surface area (Å²) in [5.74, 6) is 0.712. The molecule has 1 atom stereocenters. The lowest BCUT2D eigenvalue weighted by Crippen LogP contribution is -2.45. The van der Waals surface area contributed by atoms with Crippen molar-refractivity contribution in [3.63, 3.8) is 0 Å². The Hall–Kier alpha value is -1.22. The molecule has 1 aromatic heterocycles. The third kappa shape index (κ3) is 14.3. The quantitative estimate of drug-likeness (QED) is 0.160. The summed E-state index contributed by atoms with van der Waals surface area (Å²) in [6.07, 6.45) is 1.77. The summed E-state index contributed by atoms with van der Waals surface area (Å²) in [7, 11) is -0.187. The van der Waals surface area contributed by atoms with E-state index in [0.29, 0.717) is 98.4 Å². The predicted molar refractivity (Wildman–Crippen MR) is 152 cm³/mol. The molecule has 2 rings (SSSR count). The first-order chi connectivity index (χ1) is 18.7. The van der Waals surface area contributed by atoms with Gasteiger partial charge in [0.2, 0.25) is 5.95 Å². The third-order valence-corrected chi connectivity index (χ3v) is 11.2. The second-order valence-electron chi connectivity index (χ2n) is 10.9. The van der Waals surface area contributed by atoms with Crippen LogP contribution in [0.2, 0.25) is 18.1 Å². The fraction of sp³-hybridized carbons (Fsp3) is 0.852. The maximum Gasteiger partial charge on any atom is 0.225 e. The van der Waals surface area contributed by atoms with Crippen LogP contribution in [0, 0.1) is 0 Å². The summed E-state index contributed by atoms with van der Waals surface area (Å²) < 4.78 is 44.7. The summed E-state index contributed by atoms with van der Waals surface area (Å²) in [5.41, 5.74) is 0.904. The molecule has 1 saturated heterocycles. The van der Waals surface area contributed by atoms with Crippen molar-refractivity contribution < 1.29 is 37.6 Å². The molecule has 0 radical (unpaired) electrons. The van der Waals surface area contributed by atoms with Crippen LogP contribution in [0.5, 0.6) is 0 Å². The number of rotatable bonds is 21. The molecule has 0 aliphatic carbocycles. The van der Waals surface area contributed by atoms with Gasteiger partial charge in [-0.2, -0.15) is 0 Å². The van der Waals surface area contributed by atoms with E-state index in [-0.39, 0.29) is 11.1 Å². The Bertz CT molecular complexity index is 769. The fourth-order valence-corrected chi connectivity index (χ4v) is 4.27. The number of aromatic nitrogens is 2. The van der Waals surface area contributed by atoms with Gasteiger partial charge in [0, 0.05) is 26.4 Å². The van der Waals surface area contributed by atoms with Gasteiger partial charge in [-0.1, -0.05) is 20.8 Å². The van der Waals surface area contributed by atoms with Crippen LogP contribution in [-0.4, -0.2) is 124 Å². The van der Waals surface area contributed by atoms with Gasteiger partial charge in [-0.3, -0.25) is 0 Å². The van der Waals surface area contributed by atoms with Crippen LogP contribution in [0.4, 0.5) is 5.95 Å². The van der Waals surface area contributed by atoms with E-state index in [1.54, 1.807) is 7.11 Å². The van der Waals surface area contributed by atoms with Gasteiger partial charge in [0.1, 0.15) is 0 Å². The maximum absolute atomic E-state index is 6.34. The highest BCUT2D eigenvalue weighted by atomic mass is 28.4. The van der Waals surface area contributed by atoms with Gasteiger partial charge >= 0.3 is 0 Å². The van der Waals surface area contributed by atoms with Crippen LogP contribution in [0.1, 0.15) is 26.5 Å². The fourth-order valence-electron chi connectivity index (χ4n) is 3.33. The Morgan fingerprint density at radius 3 is 2.03 bits per heavy atom. The molecule has 0 amide bonds. The molecule has 1 aliphatic heterocycles. The lowest BCUT2D eigenvalue weighted by atomic mass is 10.2. The number of morpholine rings is 1. The van der Waals surface area contributed by atoms with Crippen molar-refractivity contribution in [2.24, 2.45) is 0 Å². The lowest BCUT2D eigenvalue weighted by molar-refractivity contribution is -0.0434. The van der Waals surface area contributed by atoms with Crippen molar-refractivity contribution in [2.45, 2.75) is 51.6 Å². The predicted octanol–water partition coefficient (Wildman–Crippen LogP) is 2.93. The van der Waals surface area contributed by atoms with Gasteiger partial charge in [-0.25, -0.2) is 9.97 Å². The first-order valence-electron chi connectivity index (χ1n) is 13.9. The number of methoxy groups -OCH3 is 1. The minimum absolute atomic E-state index is 0.0387. The zero-order valence-electron chi connectivity index (χ0n) is 24.9. The Balaban J connectivity index is 1.52. The first-order valence-corrected chi connectivity index (χ1v) is 16.8. The van der Waals surface area contributed by atoms with Crippen molar-refractivity contribution >= 4 is 14.3 Å². The summed E-state index contributed by atoms with van der Waals surface area (Å²) in [6, 6.07) is 1.93. The molecule has 226 valence electrons. The lowest BCUT2D eigenvalue weighted by Gasteiger charge is -2.36. The van der Waals surface area contributed by atoms with Crippen LogP contribution in [0.15, 0.2) is 12.3 Å². The molecule has 0 spiro atoms. The van der Waals surface area contributed by atoms with E-state index >= 15 is 0 Å². The van der Waals surface area contributed by atoms with Gasteiger partial charge in [0.05, 0.1) is 97.7 Å². The van der Waals surface area contributed by atoms with Gasteiger partial charge in [-0.15, -0.1) is 0 Å². The molecule has 1 aliphatic rings. The Kier molecular flexibility index (Phi) is 16.6. The largest absolute Gasteiger partial charge is 0.411 e. The molecule has 2 heterocycles. The molecule has 0 saturated carbocycles. The van der Waals surface area contributed by atoms with Crippen LogP contribution in [0.25, 0.3) is 0 Å². The molecule has 0 N–H and O–H groups in total. The van der Waals surface area contributed by atoms with Gasteiger partial charge in [-0.05, 0) is 24.2 Å². The highest BCUT2D eigenvalue weighted by Gasteiger charge is 2.37. The number of hydrogen-bond donors (Lipinski definition) is 0. The summed E-state index contributed by atoms with van der Waals surface area (Å²) >= 11 is 0. The zero-order chi connectivity index (χ0) is 28.4. The Morgan fingerprint density at radius 1 is 0.897 bits per heavy atom. The number of ether oxygens (including phenoxy) is 7. The van der Waals surface area contributed by atoms with Crippen molar-refractivity contribution in [3.05, 3.63) is 18.0 Å². The number of nitrogens with zero attached hydrogens (tertiary/aromatic N) is 3. The van der Waals surface area contributed by atoms with Crippen LogP contribution < -0.4 is 4.90 Å². The minimum atomic E-state index is -1.84. The maximum atomic E-state index is 6.34. The topological polar surface area (TPSA) is 103 Å². The standard InChI is InChI=1S/C27H51N3O8Si/c1-27(2,3)39(5,6)38-22-24-7-8-28-26(29-24)30-9-10-37-25(21-30)23-36-20-19-35-18-17-34-16-15-33-14-13-32-12-11-31-4/h7-8,25H,9-23H2,1-6H3/t25-/m1/s1. The molecule has 1 aromatic rings. The van der Waals surface area contributed by atoms with Crippen molar-refractivity contribution in [1.82, 2.24) is 9.97 Å². The first kappa shape index (κ1) is 34.0. The SMILES string of the molecule is COCCOCCOCCOCCOCCOC[C@H]1CN(c2nccc(CO[Si](C)(C)C(C)(C)C)n2)CCO1. The monoisotopic (exact) mass is 573 g/mol. The normalized spacial score (nSPS) is 16.7. The van der Waals surface area contributed by atoms with Crippen molar-refractivity contribution in [1.29, 1.82) is 0 Å². The van der Waals surface area contributed by atoms with Crippen molar-refractivity contribution in [2.75, 3.05) is 104 Å². The zero-order valence-corrected chi connectivity index (χ0v) is 25.9. The van der Waals surface area contributed by atoms with Crippen molar-refractivity contribution in [3.8, 4) is 0 Å². The highest BCUT2D eigenvalue weighted by molar-refractivity contribution is 6.74. The van der Waals surface area contributed by atoms with E-state index in [9.17, 15) is 0 Å². The third-order valence-electron chi connectivity index (χ3n) is 6.73. The second-order valence-corrected chi connectivity index (χ2v) is 15.7. The van der Waals surface area contributed by atoms with E-state index in [1.807, 2.05) is 12.3 Å². The molecule has 0 unspecified atom stereocenters. The Labute approximate surface area is 235 Å². The van der Waals surface area contributed by atoms with E-state index < -0.39 is 8.32 Å². The van der Waals surface area contributed by atoms with Crippen LogP contribution >= 0.6 is 0 Å². The highest BCUT2D eigenvalue weighted by Crippen LogP contribution is 2.37. The molecular weight excluding hydrogens is 522 g/mol. The molecule has 39 heavy (non-hydrogen) atoms. The average Bonchev–Trinajstić information content (AvgIpc) is 2.91. The minimum Gasteiger partial charge on any atom is -0.411 e. The van der Waals surface area contributed by atoms with Gasteiger partial charge < -0.3 is 42.5 Å². The van der Waals surface area contributed by atoms with E-state index in [4.69, 9.17) is 42.6 Å². The molecule has 1 fully saturated rings. The smallest absolute Gasteiger partial charge is 0.225 e. The van der Waals surface area contributed by atoms with Gasteiger partial charge in [0.15, 0.2) is 8.32 Å².